The van der Waals surface area contributed by atoms with E-state index < -0.39 is 17.7 Å². The van der Waals surface area contributed by atoms with Gasteiger partial charge >= 0.3 is 5.97 Å². The van der Waals surface area contributed by atoms with Crippen molar-refractivity contribution in [2.75, 3.05) is 26.6 Å². The Hall–Kier alpha value is -4.01. The molecule has 0 spiro atoms. The molecule has 9 heteroatoms. The van der Waals surface area contributed by atoms with E-state index in [4.69, 9.17) is 14.2 Å². The fourth-order valence-electron chi connectivity index (χ4n) is 4.02. The molecule has 2 N–H and O–H groups in total. The summed E-state index contributed by atoms with van der Waals surface area (Å²) in [6.07, 6.45) is 1.49. The van der Waals surface area contributed by atoms with Crippen LogP contribution < -0.4 is 19.5 Å². The second kappa shape index (κ2) is 8.26. The molecule has 0 saturated heterocycles. The van der Waals surface area contributed by atoms with Crippen LogP contribution in [0.15, 0.2) is 42.6 Å². The maximum Gasteiger partial charge on any atom is 0.339 e. The second-order valence-electron chi connectivity index (χ2n) is 7.22. The van der Waals surface area contributed by atoms with Gasteiger partial charge in [0.05, 0.1) is 32.7 Å². The summed E-state index contributed by atoms with van der Waals surface area (Å²) < 4.78 is 31.4. The van der Waals surface area contributed by atoms with Crippen LogP contribution in [0.25, 0.3) is 5.69 Å². The van der Waals surface area contributed by atoms with E-state index >= 15 is 0 Å². The van der Waals surface area contributed by atoms with Gasteiger partial charge in [-0.1, -0.05) is 0 Å². The number of hydrogen-bond donors (Lipinski definition) is 2. The van der Waals surface area contributed by atoms with Crippen LogP contribution in [0.1, 0.15) is 34.0 Å². The van der Waals surface area contributed by atoms with Crippen molar-refractivity contribution in [1.29, 1.82) is 0 Å². The number of fused-ring (bicyclic) bond motifs is 1. The number of methoxy groups -OCH3 is 3. The molecule has 8 nitrogen and oxygen atoms in total. The van der Waals surface area contributed by atoms with Gasteiger partial charge in [-0.25, -0.2) is 9.18 Å². The lowest BCUT2D eigenvalue weighted by molar-refractivity contribution is -0.116. The van der Waals surface area contributed by atoms with E-state index in [1.54, 1.807) is 28.8 Å². The van der Waals surface area contributed by atoms with Crippen molar-refractivity contribution in [3.05, 3.63) is 65.2 Å². The van der Waals surface area contributed by atoms with E-state index in [1.165, 1.54) is 39.7 Å². The first kappa shape index (κ1) is 21.2. The second-order valence-corrected chi connectivity index (χ2v) is 7.22. The molecule has 2 aromatic carbocycles. The molecule has 0 fully saturated rings. The Balaban J connectivity index is 1.97. The quantitative estimate of drug-likeness (QED) is 0.605. The van der Waals surface area contributed by atoms with Gasteiger partial charge in [-0.15, -0.1) is 0 Å². The van der Waals surface area contributed by atoms with Gasteiger partial charge in [-0.2, -0.15) is 0 Å². The highest BCUT2D eigenvalue weighted by atomic mass is 19.1. The van der Waals surface area contributed by atoms with Gasteiger partial charge < -0.3 is 29.2 Å². The highest BCUT2D eigenvalue weighted by Gasteiger charge is 2.35. The maximum atomic E-state index is 13.5. The van der Waals surface area contributed by atoms with Gasteiger partial charge in [0.2, 0.25) is 11.7 Å². The number of ether oxygens (including phenoxy) is 3. The fraction of sp³-hybridized carbons (Fsp3) is 0.217. The zero-order chi connectivity index (χ0) is 23.0. The van der Waals surface area contributed by atoms with Gasteiger partial charge in [-0.3, -0.25) is 4.79 Å². The van der Waals surface area contributed by atoms with Crippen molar-refractivity contribution in [3.63, 3.8) is 0 Å². The van der Waals surface area contributed by atoms with Crippen molar-refractivity contribution in [2.24, 2.45) is 0 Å². The average Bonchev–Trinajstić information content (AvgIpc) is 3.17. The van der Waals surface area contributed by atoms with E-state index in [0.717, 1.165) is 0 Å². The van der Waals surface area contributed by atoms with Gasteiger partial charge in [-0.05, 0) is 42.0 Å². The third-order valence-corrected chi connectivity index (χ3v) is 5.45. The van der Waals surface area contributed by atoms with Crippen molar-refractivity contribution in [2.45, 2.75) is 12.3 Å². The number of amides is 1. The summed E-state index contributed by atoms with van der Waals surface area (Å²) in [5.74, 6) is -1.23. The lowest BCUT2D eigenvalue weighted by Crippen LogP contribution is -2.25. The monoisotopic (exact) mass is 440 g/mol. The standard InChI is InChI=1S/C23H21FN2O6/c1-30-17-8-12(9-18(31-2)22(17)32-3)15-10-19(27)25-20-16(23(28)29)11-26(21(15)20)14-6-4-13(24)5-7-14/h4-9,11,15H,10H2,1-3H3,(H,25,27)(H,28,29)/t15-/m1/s1. The Morgan fingerprint density at radius 1 is 1.09 bits per heavy atom. The maximum absolute atomic E-state index is 13.5. The van der Waals surface area contributed by atoms with E-state index in [-0.39, 0.29) is 23.6 Å². The fourth-order valence-corrected chi connectivity index (χ4v) is 4.02. The van der Waals surface area contributed by atoms with Crippen LogP contribution >= 0.6 is 0 Å². The first-order chi connectivity index (χ1) is 15.4. The molecule has 166 valence electrons. The highest BCUT2D eigenvalue weighted by Crippen LogP contribution is 2.46. The molecule has 1 aliphatic heterocycles. The number of hydrogen-bond acceptors (Lipinski definition) is 5. The predicted octanol–water partition coefficient (Wildman–Crippen LogP) is 3.81. The van der Waals surface area contributed by atoms with E-state index in [1.807, 2.05) is 0 Å². The smallest absolute Gasteiger partial charge is 0.339 e. The minimum Gasteiger partial charge on any atom is -0.493 e. The molecule has 3 aromatic rings. The zero-order valence-electron chi connectivity index (χ0n) is 17.6. The molecule has 0 radical (unpaired) electrons. The highest BCUT2D eigenvalue weighted by molar-refractivity contribution is 6.04. The van der Waals surface area contributed by atoms with Crippen LogP contribution in [0.4, 0.5) is 10.1 Å². The number of carbonyl (C=O) groups is 2. The first-order valence-electron chi connectivity index (χ1n) is 9.72. The van der Waals surface area contributed by atoms with Crippen molar-refractivity contribution in [3.8, 4) is 22.9 Å². The van der Waals surface area contributed by atoms with Crippen LogP contribution in [0.3, 0.4) is 0 Å². The number of aromatic nitrogens is 1. The first-order valence-corrected chi connectivity index (χ1v) is 9.72. The van der Waals surface area contributed by atoms with E-state index in [2.05, 4.69) is 5.32 Å². The molecule has 0 unspecified atom stereocenters. The SMILES string of the molecule is COc1cc([C@H]2CC(=O)Nc3c(C(=O)O)cn(-c4ccc(F)cc4)c32)cc(OC)c1OC. The number of benzene rings is 2. The number of carboxylic acid groups (broad SMARTS) is 1. The summed E-state index contributed by atoms with van der Waals surface area (Å²) in [4.78, 5) is 24.5. The minimum absolute atomic E-state index is 0.0604. The number of rotatable bonds is 6. The van der Waals surface area contributed by atoms with Crippen LogP contribution in [-0.2, 0) is 4.79 Å². The van der Waals surface area contributed by atoms with Crippen LogP contribution in [0.2, 0.25) is 0 Å². The summed E-state index contributed by atoms with van der Waals surface area (Å²) >= 11 is 0. The van der Waals surface area contributed by atoms with Crippen molar-refractivity contribution < 1.29 is 33.3 Å². The lowest BCUT2D eigenvalue weighted by atomic mass is 9.87. The Bertz CT molecular complexity index is 1180. The number of nitrogens with zero attached hydrogens (tertiary/aromatic N) is 1. The topological polar surface area (TPSA) is 99.0 Å². The van der Waals surface area contributed by atoms with Crippen LogP contribution in [0, 0.1) is 5.82 Å². The third-order valence-electron chi connectivity index (χ3n) is 5.45. The Morgan fingerprint density at radius 2 is 1.72 bits per heavy atom. The van der Waals surface area contributed by atoms with Gasteiger partial charge in [0, 0.05) is 24.2 Å². The average molecular weight is 440 g/mol. The molecule has 2 heterocycles. The molecular weight excluding hydrogens is 419 g/mol. The van der Waals surface area contributed by atoms with Gasteiger partial charge in [0.15, 0.2) is 11.5 Å². The number of halogens is 1. The molecule has 0 bridgehead atoms. The molecule has 0 saturated carbocycles. The van der Waals surface area contributed by atoms with Crippen molar-refractivity contribution in [1.82, 2.24) is 4.57 Å². The molecule has 1 amide bonds. The van der Waals surface area contributed by atoms with Gasteiger partial charge in [0.1, 0.15) is 11.4 Å². The summed E-state index contributed by atoms with van der Waals surface area (Å²) in [5.41, 5.74) is 1.94. The zero-order valence-corrected chi connectivity index (χ0v) is 17.6. The number of carboxylic acids is 1. The molecule has 1 aliphatic rings. The number of nitrogens with one attached hydrogen (secondary N) is 1. The summed E-state index contributed by atoms with van der Waals surface area (Å²) in [7, 11) is 4.47. The lowest BCUT2D eigenvalue weighted by Gasteiger charge is -2.27. The Kier molecular flexibility index (Phi) is 5.48. The Labute approximate surface area is 183 Å². The largest absolute Gasteiger partial charge is 0.493 e. The third kappa shape index (κ3) is 3.51. The number of aromatic carboxylic acids is 1. The summed E-state index contributed by atoms with van der Waals surface area (Å²) in [6.45, 7) is 0. The minimum atomic E-state index is -1.19. The molecule has 32 heavy (non-hydrogen) atoms. The summed E-state index contributed by atoms with van der Waals surface area (Å²) in [6, 6.07) is 9.14. The van der Waals surface area contributed by atoms with Crippen LogP contribution in [-0.4, -0.2) is 42.9 Å². The molecular formula is C23H21FN2O6. The van der Waals surface area contributed by atoms with Crippen LogP contribution in [0.5, 0.6) is 17.2 Å². The Morgan fingerprint density at radius 3 is 2.25 bits per heavy atom. The summed E-state index contributed by atoms with van der Waals surface area (Å²) in [5, 5.41) is 12.4. The van der Waals surface area contributed by atoms with E-state index in [9.17, 15) is 19.1 Å². The normalized spacial score (nSPS) is 15.0. The number of carbonyl (C=O) groups excluding carboxylic acids is 1. The molecule has 0 aliphatic carbocycles. The van der Waals surface area contributed by atoms with Crippen molar-refractivity contribution >= 4 is 17.6 Å². The molecule has 1 atom stereocenters. The van der Waals surface area contributed by atoms with Gasteiger partial charge in [0.25, 0.3) is 0 Å². The molecule has 1 aromatic heterocycles. The van der Waals surface area contributed by atoms with E-state index in [0.29, 0.717) is 34.2 Å². The molecule has 4 rings (SSSR count). The number of anilines is 1. The predicted molar refractivity (Wildman–Crippen MR) is 114 cm³/mol.